The molecule has 466 valence electrons. The molecule has 0 aliphatic carbocycles. The molecule has 0 amide bonds. The maximum absolute atomic E-state index is 16.1. The highest BCUT2D eigenvalue weighted by Gasteiger charge is 2.59. The zero-order valence-corrected chi connectivity index (χ0v) is 50.0. The van der Waals surface area contributed by atoms with Crippen molar-refractivity contribution in [3.8, 4) is 40.9 Å². The van der Waals surface area contributed by atoms with Gasteiger partial charge in [0.05, 0.1) is 39.4 Å². The number of aromatic nitrogens is 10. The normalized spacial score (nSPS) is 14.7. The van der Waals surface area contributed by atoms with Gasteiger partial charge in [0.2, 0.25) is 0 Å². The maximum atomic E-state index is 16.1. The zero-order chi connectivity index (χ0) is 76.7. The van der Waals surface area contributed by atoms with Crippen molar-refractivity contribution in [2.24, 2.45) is 0 Å². The molecule has 4 unspecified atom stereocenters. The molecule has 4 aromatic heterocycles. The topological polar surface area (TPSA) is 200 Å². The average molecular weight is 1340 g/mol. The summed E-state index contributed by atoms with van der Waals surface area (Å²) in [5.41, 5.74) is -5.33. The van der Waals surface area contributed by atoms with Gasteiger partial charge >= 0.3 is 11.8 Å². The molecule has 0 spiro atoms. The van der Waals surface area contributed by atoms with Gasteiger partial charge in [0.1, 0.15) is 80.1 Å². The Kier molecular flexibility index (Phi) is 17.6. The summed E-state index contributed by atoms with van der Waals surface area (Å²) in [6.45, 7) is 4.66. The zero-order valence-electron chi connectivity index (χ0n) is 59.5. The van der Waals surface area contributed by atoms with Gasteiger partial charge in [-0.05, 0) is 157 Å². The van der Waals surface area contributed by atoms with Crippen molar-refractivity contribution in [2.75, 3.05) is 0 Å². The predicted octanol–water partition coefficient (Wildman–Crippen LogP) is 13.4. The highest BCUT2D eigenvalue weighted by atomic mass is 79.9. The summed E-state index contributed by atoms with van der Waals surface area (Å²) in [7, 11) is -1.38. The number of hydrogen-bond donors (Lipinski definition) is 2. The molecule has 4 atom stereocenters. The Balaban J connectivity index is 0.000000287. The first kappa shape index (κ1) is 54.7. The fraction of sp³-hybridized carbons (Fsp3) is 0.169. The Bertz CT molecular complexity index is 4610. The molecule has 2 N–H and O–H groups in total. The van der Waals surface area contributed by atoms with E-state index in [9.17, 15) is 27.8 Å². The number of hydrogen-bond acceptors (Lipinski definition) is 13. The molecule has 10 aromatic rings. The summed E-state index contributed by atoms with van der Waals surface area (Å²) in [4.78, 5) is 10.5. The van der Waals surface area contributed by atoms with E-state index in [1.165, 1.54) is 6.07 Å². The fourth-order valence-corrected chi connectivity index (χ4v) is 8.43. The first-order valence-corrected chi connectivity index (χ1v) is 30.6. The molecular formula is C65H55BrF8N12O4Si. The molecule has 0 radical (unpaired) electrons. The van der Waals surface area contributed by atoms with Crippen LogP contribution in [0, 0.1) is 64.5 Å². The molecule has 0 aliphatic rings. The molecule has 0 saturated carbocycles. The van der Waals surface area contributed by atoms with E-state index in [2.05, 4.69) is 105 Å². The minimum atomic E-state index is -4.63. The number of nitrogens with zero attached hydrogens (tertiary/aromatic N) is 12. The van der Waals surface area contributed by atoms with E-state index in [1.807, 2.05) is 30.3 Å². The summed E-state index contributed by atoms with van der Waals surface area (Å²) >= 11 is 3.02. The lowest BCUT2D eigenvalue weighted by Gasteiger charge is -2.35. The highest BCUT2D eigenvalue weighted by molar-refractivity contribution is 9.10. The van der Waals surface area contributed by atoms with Gasteiger partial charge in [-0.15, -0.1) is 15.7 Å². The second-order valence-corrected chi connectivity index (χ2v) is 25.7. The summed E-state index contributed by atoms with van der Waals surface area (Å²) < 4.78 is 211. The Morgan fingerprint density at radius 1 is 0.604 bits per heavy atom. The Labute approximate surface area is 543 Å². The van der Waals surface area contributed by atoms with Crippen LogP contribution in [-0.2, 0) is 49.2 Å². The van der Waals surface area contributed by atoms with Crippen LogP contribution in [0.1, 0.15) is 73.0 Å². The lowest BCUT2D eigenvalue weighted by molar-refractivity contribution is -0.207. The molecule has 4 heterocycles. The number of aliphatic hydroxyl groups is 2. The van der Waals surface area contributed by atoms with E-state index in [0.29, 0.717) is 75.3 Å². The molecule has 16 nitrogen and oxygen atoms in total. The lowest BCUT2D eigenvalue weighted by atomic mass is 9.84. The minimum Gasteiger partial charge on any atom is -0.489 e. The third-order valence-electron chi connectivity index (χ3n) is 12.3. The SMILES string of the molecule is [2H]C(Oc1ccc(C#C[Si](C)(C)C)cc1)c1ccc([N+]#[C-])cc1.[2H]C(Oc1ccc(C#Cc2ccc(C(F)(F)C(O)(c3ccc(F)cc3F)C([2H])([2H])n3cnnn3)nc2)cc1)c1ccc(C#N)cc1.[2H]C([2H])(n1cnnn1)C(O)(c1ccc(F)cc1F)C(F)(F)c1ccc(Br)cn1.[2H][2H].[2H][2H].[2H][2H]. The number of halogens is 9. The van der Waals surface area contributed by atoms with E-state index in [-0.39, 0.29) is 27.1 Å². The van der Waals surface area contributed by atoms with E-state index in [1.54, 1.807) is 72.8 Å². The monoisotopic (exact) mass is 1340 g/mol. The van der Waals surface area contributed by atoms with Crippen molar-refractivity contribution in [2.45, 2.75) is 68.8 Å². The number of pyridine rings is 2. The van der Waals surface area contributed by atoms with Gasteiger partial charge in [-0.1, -0.05) is 73.8 Å². The number of rotatable bonds is 16. The van der Waals surface area contributed by atoms with Crippen molar-refractivity contribution >= 4 is 29.7 Å². The van der Waals surface area contributed by atoms with Crippen molar-refractivity contribution in [3.63, 3.8) is 0 Å². The van der Waals surface area contributed by atoms with Gasteiger partial charge < -0.3 is 19.7 Å². The minimum absolute atomic E-state index is 0.173. The number of tetrazole rings is 2. The molecule has 0 aliphatic heterocycles. The van der Waals surface area contributed by atoms with Crippen LogP contribution in [0.5, 0.6) is 11.5 Å². The predicted molar refractivity (Wildman–Crippen MR) is 328 cm³/mol. The summed E-state index contributed by atoms with van der Waals surface area (Å²) in [5.74, 6) is -4.80. The highest BCUT2D eigenvalue weighted by Crippen LogP contribution is 2.48. The van der Waals surface area contributed by atoms with Crippen LogP contribution in [-0.4, -0.2) is 68.7 Å². The molecule has 6 aromatic carbocycles. The van der Waals surface area contributed by atoms with Crippen LogP contribution in [0.2, 0.25) is 19.6 Å². The second-order valence-electron chi connectivity index (χ2n) is 20.1. The smallest absolute Gasteiger partial charge is 0.323 e. The number of alkyl halides is 4. The van der Waals surface area contributed by atoms with Crippen molar-refractivity contribution in [3.05, 3.63) is 278 Å². The first-order chi connectivity index (χ1) is 48.7. The van der Waals surface area contributed by atoms with Crippen LogP contribution in [0.25, 0.3) is 4.85 Å². The van der Waals surface area contributed by atoms with Gasteiger partial charge in [0, 0.05) is 65.7 Å². The second kappa shape index (κ2) is 29.2. The lowest BCUT2D eigenvalue weighted by Crippen LogP contribution is -2.48. The summed E-state index contributed by atoms with van der Waals surface area (Å²) in [5, 5.41) is 50.6. The van der Waals surface area contributed by atoms with Crippen molar-refractivity contribution in [1.29, 1.82) is 5.26 Å². The first-order valence-electron chi connectivity index (χ1n) is 32.5. The summed E-state index contributed by atoms with van der Waals surface area (Å²) in [6.07, 6.45) is 3.21. The van der Waals surface area contributed by atoms with Crippen molar-refractivity contribution in [1.82, 2.24) is 50.4 Å². The molecule has 0 fully saturated rings. The average Bonchev–Trinajstić information content (AvgIpc) is 1.47. The fourth-order valence-electron chi connectivity index (χ4n) is 7.68. The quantitative estimate of drug-likeness (QED) is 0.0401. The number of nitriles is 1. The van der Waals surface area contributed by atoms with Gasteiger partial charge in [-0.3, -0.25) is 9.97 Å². The van der Waals surface area contributed by atoms with E-state index < -0.39 is 103 Å². The molecular weight excluding hydrogens is 1270 g/mol. The van der Waals surface area contributed by atoms with E-state index >= 15 is 17.6 Å². The Morgan fingerprint density at radius 3 is 1.43 bits per heavy atom. The molecule has 0 bridgehead atoms. The van der Waals surface area contributed by atoms with Crippen LogP contribution < -0.4 is 9.47 Å². The maximum Gasteiger partial charge on any atom is 0.323 e. The summed E-state index contributed by atoms with van der Waals surface area (Å²) in [6, 6.07) is 35.9. The van der Waals surface area contributed by atoms with Crippen LogP contribution >= 0.6 is 15.9 Å². The Hall–Kier alpha value is -10.5. The largest absolute Gasteiger partial charge is 0.489 e. The Morgan fingerprint density at radius 2 is 1.03 bits per heavy atom. The number of ether oxygens (including phenoxy) is 2. The van der Waals surface area contributed by atoms with Crippen LogP contribution in [0.15, 0.2) is 187 Å². The molecule has 91 heavy (non-hydrogen) atoms. The van der Waals surface area contributed by atoms with Gasteiger partial charge in [0.15, 0.2) is 16.9 Å². The van der Waals surface area contributed by atoms with Crippen molar-refractivity contribution < 1.29 is 71.9 Å². The standard InChI is InChI=1S/C31H20F4N6O2.C19H19NOSi.C15H10BrF4N5O.3H2/c32-25-10-13-27(28(33)15-25)30(42,19-41-20-38-39-40-41)31(34,35)29-14-9-23(17-37-29)4-1-21-7-11-26(12-8-21)43-18-24-5-2-22(16-36)3-6-24;1-20-18-9-5-17(6-10-18)15-21-19-11-7-16(8-12-19)13-14-22(2,3)4;16-9-1-4-13(21-6-9)15(19,20)14(26,7-25-8-22-23-24-25)11-3-2-10(17)5-12(11)18;;;/h2-3,5-15,17,20,42H,18-19H2;5-12H,15H2,2-4H3;1-6,8,26H,7H2;3*1H/i18D,19D2;15D;7D2;3*1+1D. The molecule has 0 saturated heterocycles. The van der Waals surface area contributed by atoms with Gasteiger partial charge in [-0.25, -0.2) is 31.8 Å². The van der Waals surface area contributed by atoms with E-state index in [4.69, 9.17) is 38.4 Å². The van der Waals surface area contributed by atoms with E-state index in [0.717, 1.165) is 41.7 Å². The number of benzene rings is 6. The molecule has 10 rings (SSSR count). The van der Waals surface area contributed by atoms with Gasteiger partial charge in [0.25, 0.3) is 0 Å². The van der Waals surface area contributed by atoms with Crippen LogP contribution in [0.3, 0.4) is 0 Å². The third-order valence-corrected chi connectivity index (χ3v) is 13.6. The van der Waals surface area contributed by atoms with Gasteiger partial charge in [-0.2, -0.15) is 22.8 Å². The van der Waals surface area contributed by atoms with Crippen LogP contribution in [0.4, 0.5) is 40.8 Å². The molecule has 26 heteroatoms. The third kappa shape index (κ3) is 17.2.